The lowest BCUT2D eigenvalue weighted by molar-refractivity contribution is -0.117. The molecule has 15 heavy (non-hydrogen) atoms. The average molecular weight is 204 g/mol. The summed E-state index contributed by atoms with van der Waals surface area (Å²) in [6.45, 7) is 2.41. The zero-order valence-electron chi connectivity index (χ0n) is 9.03. The summed E-state index contributed by atoms with van der Waals surface area (Å²) in [5, 5.41) is 0. The summed E-state index contributed by atoms with van der Waals surface area (Å²) < 4.78 is 5.70. The first kappa shape index (κ1) is 10.4. The Bertz CT molecular complexity index is 357. The van der Waals surface area contributed by atoms with Crippen molar-refractivity contribution >= 4 is 5.78 Å². The van der Waals surface area contributed by atoms with E-state index in [9.17, 15) is 4.79 Å². The number of carbonyl (C=O) groups excluding carboxylic acids is 1. The van der Waals surface area contributed by atoms with Crippen LogP contribution in [-0.4, -0.2) is 12.4 Å². The molecular formula is C13H16O2. The lowest BCUT2D eigenvalue weighted by Crippen LogP contribution is -2.16. The van der Waals surface area contributed by atoms with Crippen LogP contribution in [0, 0.1) is 0 Å². The van der Waals surface area contributed by atoms with E-state index in [2.05, 4.69) is 18.2 Å². The van der Waals surface area contributed by atoms with Gasteiger partial charge in [-0.1, -0.05) is 24.3 Å². The molecule has 0 N–H and O–H groups in total. The Morgan fingerprint density at radius 1 is 1.47 bits per heavy atom. The standard InChI is InChI=1S/C13H16O2/c1-10(14)6-7-13-12-5-3-2-4-11(12)8-9-15-13/h2-5,13H,6-9H2,1H3. The SMILES string of the molecule is CC(=O)CCC1OCCc2ccccc21. The molecule has 0 spiro atoms. The Morgan fingerprint density at radius 2 is 2.27 bits per heavy atom. The van der Waals surface area contributed by atoms with E-state index in [0.29, 0.717) is 6.42 Å². The number of carbonyl (C=O) groups is 1. The highest BCUT2D eigenvalue weighted by Gasteiger charge is 2.20. The van der Waals surface area contributed by atoms with Gasteiger partial charge in [0.2, 0.25) is 0 Å². The van der Waals surface area contributed by atoms with Gasteiger partial charge in [0.05, 0.1) is 12.7 Å². The maximum absolute atomic E-state index is 10.9. The Hall–Kier alpha value is -1.15. The van der Waals surface area contributed by atoms with E-state index in [0.717, 1.165) is 19.4 Å². The van der Waals surface area contributed by atoms with Gasteiger partial charge in [-0.15, -0.1) is 0 Å². The molecule has 1 aromatic rings. The maximum Gasteiger partial charge on any atom is 0.129 e. The third-order valence-electron chi connectivity index (χ3n) is 2.85. The first-order valence-corrected chi connectivity index (χ1v) is 5.46. The van der Waals surface area contributed by atoms with Crippen LogP contribution >= 0.6 is 0 Å². The van der Waals surface area contributed by atoms with E-state index in [1.165, 1.54) is 11.1 Å². The summed E-state index contributed by atoms with van der Waals surface area (Å²) in [7, 11) is 0. The first-order chi connectivity index (χ1) is 7.27. The van der Waals surface area contributed by atoms with Gasteiger partial charge < -0.3 is 9.53 Å². The van der Waals surface area contributed by atoms with Crippen LogP contribution in [-0.2, 0) is 16.0 Å². The number of rotatable bonds is 3. The van der Waals surface area contributed by atoms with Gasteiger partial charge in [-0.05, 0) is 30.9 Å². The molecule has 1 aromatic carbocycles. The van der Waals surface area contributed by atoms with Gasteiger partial charge in [0, 0.05) is 6.42 Å². The van der Waals surface area contributed by atoms with Crippen molar-refractivity contribution in [2.45, 2.75) is 32.3 Å². The van der Waals surface area contributed by atoms with Crippen LogP contribution in [0.15, 0.2) is 24.3 Å². The van der Waals surface area contributed by atoms with Crippen molar-refractivity contribution in [2.24, 2.45) is 0 Å². The minimum Gasteiger partial charge on any atom is -0.373 e. The fourth-order valence-corrected chi connectivity index (χ4v) is 2.05. The maximum atomic E-state index is 10.9. The van der Waals surface area contributed by atoms with Crippen molar-refractivity contribution in [1.82, 2.24) is 0 Å². The van der Waals surface area contributed by atoms with Crippen molar-refractivity contribution in [2.75, 3.05) is 6.61 Å². The fraction of sp³-hybridized carbons (Fsp3) is 0.462. The summed E-state index contributed by atoms with van der Waals surface area (Å²) in [6, 6.07) is 8.36. The second kappa shape index (κ2) is 4.58. The van der Waals surface area contributed by atoms with E-state index in [-0.39, 0.29) is 11.9 Å². The minimum atomic E-state index is 0.124. The van der Waals surface area contributed by atoms with E-state index in [1.807, 2.05) is 6.07 Å². The average Bonchev–Trinajstić information content (AvgIpc) is 2.26. The van der Waals surface area contributed by atoms with Crippen LogP contribution in [0.4, 0.5) is 0 Å². The van der Waals surface area contributed by atoms with Crippen LogP contribution in [0.5, 0.6) is 0 Å². The van der Waals surface area contributed by atoms with Crippen molar-refractivity contribution in [3.05, 3.63) is 35.4 Å². The quantitative estimate of drug-likeness (QED) is 0.756. The third-order valence-corrected chi connectivity index (χ3v) is 2.85. The number of hydrogen-bond donors (Lipinski definition) is 0. The molecular weight excluding hydrogens is 188 g/mol. The molecule has 0 amide bonds. The van der Waals surface area contributed by atoms with Crippen LogP contribution in [0.3, 0.4) is 0 Å². The Kier molecular flexibility index (Phi) is 3.17. The van der Waals surface area contributed by atoms with E-state index < -0.39 is 0 Å². The molecule has 0 saturated heterocycles. The molecule has 0 aromatic heterocycles. The molecule has 2 nitrogen and oxygen atoms in total. The zero-order valence-corrected chi connectivity index (χ0v) is 9.03. The molecule has 0 aliphatic carbocycles. The van der Waals surface area contributed by atoms with Crippen LogP contribution < -0.4 is 0 Å². The number of Topliss-reactive ketones (excluding diaryl/α,β-unsaturated/α-hetero) is 1. The van der Waals surface area contributed by atoms with Crippen molar-refractivity contribution in [1.29, 1.82) is 0 Å². The Morgan fingerprint density at radius 3 is 3.07 bits per heavy atom. The van der Waals surface area contributed by atoms with Crippen molar-refractivity contribution in [3.63, 3.8) is 0 Å². The third kappa shape index (κ3) is 2.45. The van der Waals surface area contributed by atoms with Gasteiger partial charge in [-0.2, -0.15) is 0 Å². The van der Waals surface area contributed by atoms with Gasteiger partial charge in [0.15, 0.2) is 0 Å². The lowest BCUT2D eigenvalue weighted by atomic mass is 9.94. The summed E-state index contributed by atoms with van der Waals surface area (Å²) in [5.41, 5.74) is 2.64. The molecule has 2 heteroatoms. The smallest absolute Gasteiger partial charge is 0.129 e. The molecule has 1 atom stereocenters. The highest BCUT2D eigenvalue weighted by Crippen LogP contribution is 2.30. The van der Waals surface area contributed by atoms with Crippen molar-refractivity contribution < 1.29 is 9.53 Å². The number of benzene rings is 1. The van der Waals surface area contributed by atoms with Crippen LogP contribution in [0.1, 0.15) is 37.0 Å². The Balaban J connectivity index is 2.11. The molecule has 2 rings (SSSR count). The van der Waals surface area contributed by atoms with Crippen molar-refractivity contribution in [3.8, 4) is 0 Å². The monoisotopic (exact) mass is 204 g/mol. The number of hydrogen-bond acceptors (Lipinski definition) is 2. The predicted octanol–water partition coefficient (Wildman–Crippen LogP) is 2.67. The predicted molar refractivity (Wildman–Crippen MR) is 58.8 cm³/mol. The number of fused-ring (bicyclic) bond motifs is 1. The summed E-state index contributed by atoms with van der Waals surface area (Å²) >= 11 is 0. The fourth-order valence-electron chi connectivity index (χ4n) is 2.05. The molecule has 1 unspecified atom stereocenters. The van der Waals surface area contributed by atoms with Gasteiger partial charge >= 0.3 is 0 Å². The van der Waals surface area contributed by atoms with Crippen LogP contribution in [0.25, 0.3) is 0 Å². The second-order valence-corrected chi connectivity index (χ2v) is 4.05. The Labute approximate surface area is 90.3 Å². The highest BCUT2D eigenvalue weighted by molar-refractivity contribution is 5.75. The topological polar surface area (TPSA) is 26.3 Å². The summed E-state index contributed by atoms with van der Waals surface area (Å²) in [6.07, 6.45) is 2.54. The molecule has 1 aliphatic heterocycles. The number of ketones is 1. The van der Waals surface area contributed by atoms with E-state index >= 15 is 0 Å². The zero-order chi connectivity index (χ0) is 10.7. The van der Waals surface area contributed by atoms with E-state index in [4.69, 9.17) is 4.74 Å². The van der Waals surface area contributed by atoms with Crippen LogP contribution in [0.2, 0.25) is 0 Å². The molecule has 0 radical (unpaired) electrons. The largest absolute Gasteiger partial charge is 0.373 e. The van der Waals surface area contributed by atoms with Gasteiger partial charge in [-0.3, -0.25) is 0 Å². The summed E-state index contributed by atoms with van der Waals surface area (Å²) in [5.74, 6) is 0.238. The minimum absolute atomic E-state index is 0.124. The van der Waals surface area contributed by atoms with Gasteiger partial charge in [0.1, 0.15) is 5.78 Å². The van der Waals surface area contributed by atoms with E-state index in [1.54, 1.807) is 6.92 Å². The first-order valence-electron chi connectivity index (χ1n) is 5.46. The van der Waals surface area contributed by atoms with Gasteiger partial charge in [0.25, 0.3) is 0 Å². The van der Waals surface area contributed by atoms with Gasteiger partial charge in [-0.25, -0.2) is 0 Å². The molecule has 0 bridgehead atoms. The molecule has 1 heterocycles. The molecule has 1 aliphatic rings. The second-order valence-electron chi connectivity index (χ2n) is 4.05. The lowest BCUT2D eigenvalue weighted by Gasteiger charge is -2.25. The normalized spacial score (nSPS) is 19.7. The number of ether oxygens (including phenoxy) is 1. The highest BCUT2D eigenvalue weighted by atomic mass is 16.5. The molecule has 0 saturated carbocycles. The molecule has 0 fully saturated rings. The molecule has 80 valence electrons. The summed E-state index contributed by atoms with van der Waals surface area (Å²) in [4.78, 5) is 10.9.